The molecule has 0 amide bonds. The Morgan fingerprint density at radius 1 is 1.60 bits per heavy atom. The Balaban J connectivity index is 3.61. The molecule has 1 unspecified atom stereocenters. The largest absolute Gasteiger partial charge is 0.388 e. The van der Waals surface area contributed by atoms with Gasteiger partial charge in [0, 0.05) is 4.91 Å². The van der Waals surface area contributed by atoms with Crippen molar-refractivity contribution in [2.24, 2.45) is 5.92 Å². The van der Waals surface area contributed by atoms with E-state index in [1.54, 1.807) is 0 Å². The lowest BCUT2D eigenvalue weighted by molar-refractivity contribution is 0.192. The molecule has 0 fully saturated rings. The molecule has 0 aromatic rings. The Morgan fingerprint density at radius 3 is 2.40 bits per heavy atom. The first-order chi connectivity index (χ1) is 4.57. The molecule has 0 aliphatic heterocycles. The Kier molecular flexibility index (Phi) is 4.83. The summed E-state index contributed by atoms with van der Waals surface area (Å²) in [5.41, 5.74) is 0. The Bertz CT molecular complexity index is 110. The van der Waals surface area contributed by atoms with Crippen molar-refractivity contribution in [3.63, 3.8) is 0 Å². The van der Waals surface area contributed by atoms with Gasteiger partial charge in [-0.2, -0.15) is 0 Å². The summed E-state index contributed by atoms with van der Waals surface area (Å²) in [7, 11) is 0. The third-order valence-corrected chi connectivity index (χ3v) is 2.12. The number of thioether (sulfide) groups is 1. The molecule has 0 aromatic carbocycles. The zero-order chi connectivity index (χ0) is 8.15. The van der Waals surface area contributed by atoms with Crippen LogP contribution in [0.1, 0.15) is 20.3 Å². The fourth-order valence-electron chi connectivity index (χ4n) is 0.714. The predicted octanol–water partition coefficient (Wildman–Crippen LogP) is 2.27. The van der Waals surface area contributed by atoms with E-state index in [1.807, 2.05) is 6.26 Å². The first kappa shape index (κ1) is 10.0. The van der Waals surface area contributed by atoms with E-state index in [1.165, 1.54) is 11.8 Å². The number of hydrogen-bond donors (Lipinski definition) is 1. The predicted molar refractivity (Wildman–Crippen MR) is 48.1 cm³/mol. The van der Waals surface area contributed by atoms with Crippen LogP contribution in [-0.4, -0.2) is 17.5 Å². The molecule has 0 saturated heterocycles. The van der Waals surface area contributed by atoms with Crippen LogP contribution in [0.25, 0.3) is 0 Å². The van der Waals surface area contributed by atoms with Crippen LogP contribution in [-0.2, 0) is 0 Å². The average molecular weight is 160 g/mol. The molecule has 1 atom stereocenters. The molecular formula is C8H16OS. The van der Waals surface area contributed by atoms with Crippen molar-refractivity contribution in [2.45, 2.75) is 26.4 Å². The smallest absolute Gasteiger partial charge is 0.0844 e. The van der Waals surface area contributed by atoms with Gasteiger partial charge in [-0.3, -0.25) is 0 Å². The zero-order valence-corrected chi connectivity index (χ0v) is 7.74. The van der Waals surface area contributed by atoms with Crippen molar-refractivity contribution >= 4 is 11.8 Å². The summed E-state index contributed by atoms with van der Waals surface area (Å²) in [6.45, 7) is 7.93. The summed E-state index contributed by atoms with van der Waals surface area (Å²) in [4.78, 5) is 0.869. The van der Waals surface area contributed by atoms with Gasteiger partial charge in [0.2, 0.25) is 0 Å². The van der Waals surface area contributed by atoms with Gasteiger partial charge >= 0.3 is 0 Å². The molecule has 0 spiro atoms. The number of aliphatic hydroxyl groups is 1. The van der Waals surface area contributed by atoms with Crippen LogP contribution in [0.3, 0.4) is 0 Å². The van der Waals surface area contributed by atoms with Gasteiger partial charge in [-0.05, 0) is 18.6 Å². The molecule has 0 saturated carbocycles. The lowest BCUT2D eigenvalue weighted by Crippen LogP contribution is -2.10. The Labute approximate surface area is 67.5 Å². The van der Waals surface area contributed by atoms with Crippen LogP contribution in [0.15, 0.2) is 11.5 Å². The standard InChI is InChI=1S/C8H16OS/c1-6(2)5-8(9)7(3)10-4/h6,8-9H,3,5H2,1-2,4H3. The van der Waals surface area contributed by atoms with Crippen LogP contribution in [0, 0.1) is 5.92 Å². The van der Waals surface area contributed by atoms with Gasteiger partial charge in [0.25, 0.3) is 0 Å². The monoisotopic (exact) mass is 160 g/mol. The van der Waals surface area contributed by atoms with E-state index in [9.17, 15) is 5.11 Å². The maximum absolute atomic E-state index is 9.37. The van der Waals surface area contributed by atoms with Crippen molar-refractivity contribution in [1.82, 2.24) is 0 Å². The SMILES string of the molecule is C=C(SC)C(O)CC(C)C. The first-order valence-corrected chi connectivity index (χ1v) is 4.71. The molecule has 2 heteroatoms. The van der Waals surface area contributed by atoms with Crippen molar-refractivity contribution < 1.29 is 5.11 Å². The van der Waals surface area contributed by atoms with E-state index in [0.29, 0.717) is 5.92 Å². The maximum Gasteiger partial charge on any atom is 0.0844 e. The normalized spacial score (nSPS) is 13.7. The summed E-state index contributed by atoms with van der Waals surface area (Å²) in [6, 6.07) is 0. The average Bonchev–Trinajstić information content (AvgIpc) is 1.85. The van der Waals surface area contributed by atoms with Gasteiger partial charge in [0.1, 0.15) is 0 Å². The quantitative estimate of drug-likeness (QED) is 0.681. The Morgan fingerprint density at radius 2 is 2.10 bits per heavy atom. The van der Waals surface area contributed by atoms with E-state index in [4.69, 9.17) is 0 Å². The molecule has 1 N–H and O–H groups in total. The summed E-state index contributed by atoms with van der Waals surface area (Å²) in [5, 5.41) is 9.37. The summed E-state index contributed by atoms with van der Waals surface area (Å²) in [6.07, 6.45) is 2.43. The zero-order valence-electron chi connectivity index (χ0n) is 6.92. The summed E-state index contributed by atoms with van der Waals surface area (Å²) < 4.78 is 0. The summed E-state index contributed by atoms with van der Waals surface area (Å²) >= 11 is 1.53. The minimum absolute atomic E-state index is 0.324. The lowest BCUT2D eigenvalue weighted by atomic mass is 10.1. The van der Waals surface area contributed by atoms with E-state index in [0.717, 1.165) is 11.3 Å². The third kappa shape index (κ3) is 3.96. The third-order valence-electron chi connectivity index (χ3n) is 1.33. The lowest BCUT2D eigenvalue weighted by Gasteiger charge is -2.13. The molecule has 1 nitrogen and oxygen atoms in total. The van der Waals surface area contributed by atoms with Crippen LogP contribution >= 0.6 is 11.8 Å². The van der Waals surface area contributed by atoms with Gasteiger partial charge in [-0.1, -0.05) is 20.4 Å². The Hall–Kier alpha value is 0.0500. The van der Waals surface area contributed by atoms with E-state index in [-0.39, 0.29) is 6.10 Å². The summed E-state index contributed by atoms with van der Waals surface area (Å²) in [5.74, 6) is 0.541. The topological polar surface area (TPSA) is 20.2 Å². The maximum atomic E-state index is 9.37. The molecule has 0 aromatic heterocycles. The van der Waals surface area contributed by atoms with Crippen molar-refractivity contribution in [3.05, 3.63) is 11.5 Å². The molecule has 0 heterocycles. The highest BCUT2D eigenvalue weighted by atomic mass is 32.2. The molecule has 0 radical (unpaired) electrons. The van der Waals surface area contributed by atoms with Gasteiger partial charge < -0.3 is 5.11 Å². The van der Waals surface area contributed by atoms with Crippen LogP contribution < -0.4 is 0 Å². The van der Waals surface area contributed by atoms with Gasteiger partial charge in [0.15, 0.2) is 0 Å². The second-order valence-corrected chi connectivity index (χ2v) is 3.75. The van der Waals surface area contributed by atoms with Crippen molar-refractivity contribution in [3.8, 4) is 0 Å². The highest BCUT2D eigenvalue weighted by Gasteiger charge is 2.08. The highest BCUT2D eigenvalue weighted by molar-refractivity contribution is 8.02. The second kappa shape index (κ2) is 4.80. The molecule has 0 aliphatic carbocycles. The van der Waals surface area contributed by atoms with E-state index < -0.39 is 0 Å². The molecule has 0 rings (SSSR count). The fraction of sp³-hybridized carbons (Fsp3) is 0.750. The van der Waals surface area contributed by atoms with Crippen LogP contribution in [0.5, 0.6) is 0 Å². The molecule has 0 bridgehead atoms. The van der Waals surface area contributed by atoms with Crippen LogP contribution in [0.4, 0.5) is 0 Å². The van der Waals surface area contributed by atoms with E-state index in [2.05, 4.69) is 20.4 Å². The number of hydrogen-bond acceptors (Lipinski definition) is 2. The highest BCUT2D eigenvalue weighted by Crippen LogP contribution is 2.18. The molecule has 0 aliphatic rings. The van der Waals surface area contributed by atoms with Gasteiger partial charge in [0.05, 0.1) is 6.10 Å². The van der Waals surface area contributed by atoms with Gasteiger partial charge in [-0.25, -0.2) is 0 Å². The molecule has 60 valence electrons. The molecular weight excluding hydrogens is 144 g/mol. The number of rotatable bonds is 4. The fourth-order valence-corrected chi connectivity index (χ4v) is 1.08. The van der Waals surface area contributed by atoms with Crippen LogP contribution in [0.2, 0.25) is 0 Å². The van der Waals surface area contributed by atoms with Crippen molar-refractivity contribution in [1.29, 1.82) is 0 Å². The second-order valence-electron chi connectivity index (χ2n) is 2.82. The van der Waals surface area contributed by atoms with E-state index >= 15 is 0 Å². The van der Waals surface area contributed by atoms with Crippen molar-refractivity contribution in [2.75, 3.05) is 6.26 Å². The number of aliphatic hydroxyl groups excluding tert-OH is 1. The minimum Gasteiger partial charge on any atom is -0.388 e. The first-order valence-electron chi connectivity index (χ1n) is 3.48. The van der Waals surface area contributed by atoms with Gasteiger partial charge in [-0.15, -0.1) is 11.8 Å². The molecule has 10 heavy (non-hydrogen) atoms. The minimum atomic E-state index is -0.324.